The van der Waals surface area contributed by atoms with E-state index in [4.69, 9.17) is 18.9 Å². The van der Waals surface area contributed by atoms with Crippen LogP contribution in [0.1, 0.15) is 13.8 Å². The molecule has 2 aliphatic rings. The van der Waals surface area contributed by atoms with Crippen LogP contribution in [0.3, 0.4) is 0 Å². The van der Waals surface area contributed by atoms with Gasteiger partial charge in [-0.05, 0) is 13.8 Å². The highest BCUT2D eigenvalue weighted by atomic mass is 16.7. The van der Waals surface area contributed by atoms with Crippen LogP contribution in [0.5, 0.6) is 0 Å². The summed E-state index contributed by atoms with van der Waals surface area (Å²) in [6.45, 7) is 4.37. The summed E-state index contributed by atoms with van der Waals surface area (Å²) in [5.41, 5.74) is 0. The molecule has 13 heavy (non-hydrogen) atoms. The molecule has 4 heteroatoms. The summed E-state index contributed by atoms with van der Waals surface area (Å²) < 4.78 is 21.9. The van der Waals surface area contributed by atoms with Crippen molar-refractivity contribution in [1.29, 1.82) is 0 Å². The van der Waals surface area contributed by atoms with Crippen LogP contribution in [-0.2, 0) is 18.9 Å². The number of hydrogen-bond acceptors (Lipinski definition) is 4. The standard InChI is InChI=1S/C9H16O4/c1-5-7(10-3)9-8(6(2)13-5)11-4-12-9/h5-9H,4H2,1-3H3/t5?,6-,7-,8-,9-/m0/s1. The molecule has 0 amide bonds. The fraction of sp³-hybridized carbons (Fsp3) is 1.00. The van der Waals surface area contributed by atoms with E-state index in [2.05, 4.69) is 0 Å². The summed E-state index contributed by atoms with van der Waals surface area (Å²) in [7, 11) is 1.68. The Morgan fingerprint density at radius 3 is 2.46 bits per heavy atom. The van der Waals surface area contributed by atoms with Crippen molar-refractivity contribution in [3.05, 3.63) is 0 Å². The molecular weight excluding hydrogens is 172 g/mol. The number of methoxy groups -OCH3 is 1. The molecule has 0 radical (unpaired) electrons. The lowest BCUT2D eigenvalue weighted by molar-refractivity contribution is -0.184. The third-order valence-corrected chi connectivity index (χ3v) is 2.80. The van der Waals surface area contributed by atoms with Gasteiger partial charge in [-0.3, -0.25) is 0 Å². The second-order valence-electron chi connectivity index (χ2n) is 3.63. The largest absolute Gasteiger partial charge is 0.376 e. The molecular formula is C9H16O4. The molecule has 5 atom stereocenters. The summed E-state index contributed by atoms with van der Waals surface area (Å²) in [6.07, 6.45) is 0.213. The van der Waals surface area contributed by atoms with Crippen LogP contribution in [0.15, 0.2) is 0 Å². The molecule has 0 aliphatic carbocycles. The summed E-state index contributed by atoms with van der Waals surface area (Å²) in [4.78, 5) is 0. The molecule has 2 rings (SSSR count). The lowest BCUT2D eigenvalue weighted by Crippen LogP contribution is -2.54. The highest BCUT2D eigenvalue weighted by molar-refractivity contribution is 4.93. The minimum Gasteiger partial charge on any atom is -0.376 e. The first-order valence-corrected chi connectivity index (χ1v) is 4.65. The predicted molar refractivity (Wildman–Crippen MR) is 45.4 cm³/mol. The van der Waals surface area contributed by atoms with Gasteiger partial charge in [-0.25, -0.2) is 0 Å². The number of ether oxygens (including phenoxy) is 4. The summed E-state index contributed by atoms with van der Waals surface area (Å²) >= 11 is 0. The zero-order valence-electron chi connectivity index (χ0n) is 8.23. The molecule has 76 valence electrons. The van der Waals surface area contributed by atoms with Gasteiger partial charge >= 0.3 is 0 Å². The average molecular weight is 188 g/mol. The van der Waals surface area contributed by atoms with Crippen LogP contribution in [-0.4, -0.2) is 44.4 Å². The lowest BCUT2D eigenvalue weighted by atomic mass is 9.96. The second kappa shape index (κ2) is 3.53. The first-order chi connectivity index (χ1) is 6.24. The van der Waals surface area contributed by atoms with Gasteiger partial charge in [0.15, 0.2) is 0 Å². The van der Waals surface area contributed by atoms with Gasteiger partial charge in [-0.1, -0.05) is 0 Å². The minimum atomic E-state index is -0.0105. The Hall–Kier alpha value is -0.160. The van der Waals surface area contributed by atoms with Gasteiger partial charge < -0.3 is 18.9 Å². The van der Waals surface area contributed by atoms with Crippen LogP contribution in [0.25, 0.3) is 0 Å². The maximum absolute atomic E-state index is 5.67. The van der Waals surface area contributed by atoms with Crippen molar-refractivity contribution >= 4 is 0 Å². The van der Waals surface area contributed by atoms with Crippen molar-refractivity contribution in [3.8, 4) is 0 Å². The van der Waals surface area contributed by atoms with Gasteiger partial charge in [0.05, 0.1) is 12.2 Å². The second-order valence-corrected chi connectivity index (χ2v) is 3.63. The summed E-state index contributed by atoms with van der Waals surface area (Å²) in [6, 6.07) is 0. The average Bonchev–Trinajstić information content (AvgIpc) is 2.53. The lowest BCUT2D eigenvalue weighted by Gasteiger charge is -2.39. The maximum Gasteiger partial charge on any atom is 0.148 e. The van der Waals surface area contributed by atoms with Crippen molar-refractivity contribution in [2.24, 2.45) is 0 Å². The Labute approximate surface area is 78.1 Å². The predicted octanol–water partition coefficient (Wildman–Crippen LogP) is 0.550. The number of hydrogen-bond donors (Lipinski definition) is 0. The quantitative estimate of drug-likeness (QED) is 0.602. The zero-order chi connectivity index (χ0) is 9.42. The third kappa shape index (κ3) is 1.48. The molecule has 2 aliphatic heterocycles. The van der Waals surface area contributed by atoms with Crippen LogP contribution in [0.4, 0.5) is 0 Å². The maximum atomic E-state index is 5.67. The Bertz CT molecular complexity index is 184. The van der Waals surface area contributed by atoms with Crippen molar-refractivity contribution in [3.63, 3.8) is 0 Å². The van der Waals surface area contributed by atoms with Crippen molar-refractivity contribution < 1.29 is 18.9 Å². The van der Waals surface area contributed by atoms with Crippen LogP contribution in [0.2, 0.25) is 0 Å². The van der Waals surface area contributed by atoms with Gasteiger partial charge in [-0.2, -0.15) is 0 Å². The van der Waals surface area contributed by atoms with Gasteiger partial charge in [0.1, 0.15) is 25.1 Å². The SMILES string of the molecule is CO[C@H]1C(C)O[C@@H](C)[C@@H]2OCO[C@H]21. The molecule has 0 N–H and O–H groups in total. The van der Waals surface area contributed by atoms with Crippen molar-refractivity contribution in [2.75, 3.05) is 13.9 Å². The van der Waals surface area contributed by atoms with E-state index in [-0.39, 0.29) is 30.5 Å². The molecule has 1 unspecified atom stereocenters. The van der Waals surface area contributed by atoms with E-state index in [1.54, 1.807) is 7.11 Å². The van der Waals surface area contributed by atoms with E-state index in [1.165, 1.54) is 0 Å². The van der Waals surface area contributed by atoms with E-state index in [1.807, 2.05) is 13.8 Å². The molecule has 2 saturated heterocycles. The number of fused-ring (bicyclic) bond motifs is 1. The molecule has 4 nitrogen and oxygen atoms in total. The molecule has 0 spiro atoms. The monoisotopic (exact) mass is 188 g/mol. The van der Waals surface area contributed by atoms with E-state index < -0.39 is 0 Å². The fourth-order valence-electron chi connectivity index (χ4n) is 2.16. The molecule has 0 aromatic carbocycles. The molecule has 0 aromatic rings. The zero-order valence-corrected chi connectivity index (χ0v) is 8.23. The highest BCUT2D eigenvalue weighted by Crippen LogP contribution is 2.30. The molecule has 0 saturated carbocycles. The van der Waals surface area contributed by atoms with E-state index in [0.29, 0.717) is 6.79 Å². The summed E-state index contributed by atoms with van der Waals surface area (Å²) in [5.74, 6) is 0. The molecule has 2 heterocycles. The number of rotatable bonds is 1. The van der Waals surface area contributed by atoms with E-state index in [0.717, 1.165) is 0 Å². The van der Waals surface area contributed by atoms with E-state index >= 15 is 0 Å². The first kappa shape index (κ1) is 9.40. The third-order valence-electron chi connectivity index (χ3n) is 2.80. The first-order valence-electron chi connectivity index (χ1n) is 4.65. The Morgan fingerprint density at radius 2 is 1.77 bits per heavy atom. The molecule has 2 fully saturated rings. The van der Waals surface area contributed by atoms with Gasteiger partial charge in [0, 0.05) is 7.11 Å². The minimum absolute atomic E-state index is 0.0105. The van der Waals surface area contributed by atoms with Crippen molar-refractivity contribution in [2.45, 2.75) is 44.4 Å². The van der Waals surface area contributed by atoms with E-state index in [9.17, 15) is 0 Å². The van der Waals surface area contributed by atoms with Crippen LogP contribution < -0.4 is 0 Å². The Balaban J connectivity index is 2.12. The fourth-order valence-corrected chi connectivity index (χ4v) is 2.16. The summed E-state index contributed by atoms with van der Waals surface area (Å²) in [5, 5.41) is 0. The van der Waals surface area contributed by atoms with Crippen LogP contribution in [0, 0.1) is 0 Å². The smallest absolute Gasteiger partial charge is 0.148 e. The molecule has 0 aromatic heterocycles. The molecule has 0 bridgehead atoms. The van der Waals surface area contributed by atoms with Crippen molar-refractivity contribution in [1.82, 2.24) is 0 Å². The van der Waals surface area contributed by atoms with Gasteiger partial charge in [0.25, 0.3) is 0 Å². The van der Waals surface area contributed by atoms with Crippen LogP contribution >= 0.6 is 0 Å². The Morgan fingerprint density at radius 1 is 1.08 bits per heavy atom. The topological polar surface area (TPSA) is 36.9 Å². The highest BCUT2D eigenvalue weighted by Gasteiger charge is 2.47. The van der Waals surface area contributed by atoms with Gasteiger partial charge in [-0.15, -0.1) is 0 Å². The Kier molecular flexibility index (Phi) is 2.55. The normalized spacial score (nSPS) is 50.5. The van der Waals surface area contributed by atoms with Gasteiger partial charge in [0.2, 0.25) is 0 Å².